The lowest BCUT2D eigenvalue weighted by Gasteiger charge is -2.07. The Morgan fingerprint density at radius 2 is 1.38 bits per heavy atom. The molecule has 3 nitrogen and oxygen atoms in total. The molecule has 80 valence electrons. The standard InChI is InChI=1S/C13H12N2O/c14-10-7-4-8-11(15)12(10)13(16)9-5-2-1-3-6-9/h1-8H,14-15H2. The molecule has 0 aromatic heterocycles. The summed E-state index contributed by atoms with van der Waals surface area (Å²) < 4.78 is 0. The second kappa shape index (κ2) is 4.06. The van der Waals surface area contributed by atoms with Crippen molar-refractivity contribution < 1.29 is 4.79 Å². The van der Waals surface area contributed by atoms with E-state index in [-0.39, 0.29) is 5.78 Å². The van der Waals surface area contributed by atoms with Crippen LogP contribution in [0.4, 0.5) is 11.4 Å². The van der Waals surface area contributed by atoms with E-state index < -0.39 is 0 Å². The average molecular weight is 212 g/mol. The zero-order valence-electron chi connectivity index (χ0n) is 8.68. The number of benzene rings is 2. The van der Waals surface area contributed by atoms with Gasteiger partial charge in [-0.3, -0.25) is 4.79 Å². The van der Waals surface area contributed by atoms with Gasteiger partial charge in [0.05, 0.1) is 5.56 Å². The third-order valence-electron chi connectivity index (χ3n) is 2.39. The predicted molar refractivity (Wildman–Crippen MR) is 65.1 cm³/mol. The first-order valence-electron chi connectivity index (χ1n) is 4.94. The molecule has 0 radical (unpaired) electrons. The van der Waals surface area contributed by atoms with E-state index in [0.717, 1.165) is 0 Å². The molecule has 0 atom stereocenters. The van der Waals surface area contributed by atoms with E-state index in [1.165, 1.54) is 0 Å². The van der Waals surface area contributed by atoms with Crippen molar-refractivity contribution in [2.75, 3.05) is 11.5 Å². The summed E-state index contributed by atoms with van der Waals surface area (Å²) in [4.78, 5) is 12.1. The van der Waals surface area contributed by atoms with Gasteiger partial charge in [0.25, 0.3) is 0 Å². The first-order valence-corrected chi connectivity index (χ1v) is 4.94. The van der Waals surface area contributed by atoms with Crippen LogP contribution in [-0.2, 0) is 0 Å². The van der Waals surface area contributed by atoms with E-state index >= 15 is 0 Å². The molecule has 0 amide bonds. The molecule has 0 aliphatic carbocycles. The van der Waals surface area contributed by atoms with E-state index in [1.54, 1.807) is 30.3 Å². The summed E-state index contributed by atoms with van der Waals surface area (Å²) in [7, 11) is 0. The summed E-state index contributed by atoms with van der Waals surface area (Å²) in [5.74, 6) is -0.142. The summed E-state index contributed by atoms with van der Waals surface area (Å²) in [6, 6.07) is 14.0. The highest BCUT2D eigenvalue weighted by Crippen LogP contribution is 2.22. The van der Waals surface area contributed by atoms with Crippen molar-refractivity contribution in [3.8, 4) is 0 Å². The fourth-order valence-electron chi connectivity index (χ4n) is 1.58. The minimum Gasteiger partial charge on any atom is -0.398 e. The maximum absolute atomic E-state index is 12.1. The second-order valence-electron chi connectivity index (χ2n) is 3.51. The Kier molecular flexibility index (Phi) is 2.60. The van der Waals surface area contributed by atoms with Crippen molar-refractivity contribution >= 4 is 17.2 Å². The van der Waals surface area contributed by atoms with E-state index in [0.29, 0.717) is 22.5 Å². The van der Waals surface area contributed by atoms with Crippen LogP contribution >= 0.6 is 0 Å². The van der Waals surface area contributed by atoms with Crippen LogP contribution in [0.15, 0.2) is 48.5 Å². The normalized spacial score (nSPS) is 10.0. The van der Waals surface area contributed by atoms with Crippen LogP contribution < -0.4 is 11.5 Å². The zero-order valence-corrected chi connectivity index (χ0v) is 8.68. The Labute approximate surface area is 93.7 Å². The van der Waals surface area contributed by atoms with Gasteiger partial charge in [-0.2, -0.15) is 0 Å². The highest BCUT2D eigenvalue weighted by molar-refractivity contribution is 6.15. The lowest BCUT2D eigenvalue weighted by Crippen LogP contribution is -2.08. The van der Waals surface area contributed by atoms with E-state index in [1.807, 2.05) is 18.2 Å². The zero-order chi connectivity index (χ0) is 11.5. The van der Waals surface area contributed by atoms with Crippen LogP contribution in [0.5, 0.6) is 0 Å². The van der Waals surface area contributed by atoms with Gasteiger partial charge >= 0.3 is 0 Å². The minimum atomic E-state index is -0.142. The number of carbonyl (C=O) groups is 1. The average Bonchev–Trinajstić information content (AvgIpc) is 2.30. The van der Waals surface area contributed by atoms with Gasteiger partial charge in [-0.05, 0) is 12.1 Å². The van der Waals surface area contributed by atoms with E-state index in [4.69, 9.17) is 11.5 Å². The first kappa shape index (κ1) is 10.2. The molecule has 0 saturated heterocycles. The Hall–Kier alpha value is -2.29. The third kappa shape index (κ3) is 1.75. The quantitative estimate of drug-likeness (QED) is 0.591. The molecular weight excluding hydrogens is 200 g/mol. The van der Waals surface area contributed by atoms with Crippen molar-refractivity contribution in [1.29, 1.82) is 0 Å². The van der Waals surface area contributed by atoms with Crippen molar-refractivity contribution in [3.05, 3.63) is 59.7 Å². The third-order valence-corrected chi connectivity index (χ3v) is 2.39. The molecule has 2 aromatic carbocycles. The minimum absolute atomic E-state index is 0.142. The molecule has 0 spiro atoms. The van der Waals surface area contributed by atoms with E-state index in [9.17, 15) is 4.79 Å². The topological polar surface area (TPSA) is 69.1 Å². The summed E-state index contributed by atoms with van der Waals surface area (Å²) in [6.45, 7) is 0. The van der Waals surface area contributed by atoms with Crippen molar-refractivity contribution in [3.63, 3.8) is 0 Å². The molecule has 2 aromatic rings. The van der Waals surface area contributed by atoms with Crippen LogP contribution in [-0.4, -0.2) is 5.78 Å². The van der Waals surface area contributed by atoms with Crippen molar-refractivity contribution in [2.45, 2.75) is 0 Å². The van der Waals surface area contributed by atoms with Crippen LogP contribution in [0.2, 0.25) is 0 Å². The molecule has 16 heavy (non-hydrogen) atoms. The van der Waals surface area contributed by atoms with E-state index in [2.05, 4.69) is 0 Å². The highest BCUT2D eigenvalue weighted by Gasteiger charge is 2.14. The number of anilines is 2. The predicted octanol–water partition coefficient (Wildman–Crippen LogP) is 2.08. The van der Waals surface area contributed by atoms with Crippen molar-refractivity contribution in [2.24, 2.45) is 0 Å². The van der Waals surface area contributed by atoms with Gasteiger partial charge in [-0.15, -0.1) is 0 Å². The lowest BCUT2D eigenvalue weighted by atomic mass is 10.0. The molecule has 0 heterocycles. The molecule has 2 rings (SSSR count). The summed E-state index contributed by atoms with van der Waals surface area (Å²) in [5.41, 5.74) is 13.3. The lowest BCUT2D eigenvalue weighted by molar-refractivity contribution is 0.104. The largest absolute Gasteiger partial charge is 0.398 e. The van der Waals surface area contributed by atoms with Gasteiger partial charge in [0.15, 0.2) is 5.78 Å². The monoisotopic (exact) mass is 212 g/mol. The Morgan fingerprint density at radius 1 is 0.812 bits per heavy atom. The number of ketones is 1. The highest BCUT2D eigenvalue weighted by atomic mass is 16.1. The van der Waals surface area contributed by atoms with Crippen LogP contribution in [0.1, 0.15) is 15.9 Å². The van der Waals surface area contributed by atoms with Gasteiger partial charge in [-0.1, -0.05) is 36.4 Å². The molecule has 0 saturated carbocycles. The number of carbonyl (C=O) groups excluding carboxylic acids is 1. The number of nitrogen functional groups attached to an aromatic ring is 2. The molecule has 4 N–H and O–H groups in total. The second-order valence-corrected chi connectivity index (χ2v) is 3.51. The Balaban J connectivity index is 2.50. The summed E-state index contributed by atoms with van der Waals surface area (Å²) in [5, 5.41) is 0. The summed E-state index contributed by atoms with van der Waals surface area (Å²) in [6.07, 6.45) is 0. The van der Waals surface area contributed by atoms with Gasteiger partial charge < -0.3 is 11.5 Å². The Morgan fingerprint density at radius 3 is 1.94 bits per heavy atom. The number of rotatable bonds is 2. The van der Waals surface area contributed by atoms with Crippen LogP contribution in [0.3, 0.4) is 0 Å². The van der Waals surface area contributed by atoms with Gasteiger partial charge in [0, 0.05) is 16.9 Å². The van der Waals surface area contributed by atoms with Crippen molar-refractivity contribution in [1.82, 2.24) is 0 Å². The maximum Gasteiger partial charge on any atom is 0.197 e. The first-order chi connectivity index (χ1) is 7.70. The number of hydrogen-bond donors (Lipinski definition) is 2. The number of hydrogen-bond acceptors (Lipinski definition) is 3. The van der Waals surface area contributed by atoms with Gasteiger partial charge in [-0.25, -0.2) is 0 Å². The SMILES string of the molecule is Nc1cccc(N)c1C(=O)c1ccccc1. The molecule has 0 aliphatic rings. The Bertz CT molecular complexity index is 500. The van der Waals surface area contributed by atoms with Crippen LogP contribution in [0.25, 0.3) is 0 Å². The molecule has 3 heteroatoms. The molecule has 0 bridgehead atoms. The molecule has 0 aliphatic heterocycles. The molecule has 0 unspecified atom stereocenters. The summed E-state index contributed by atoms with van der Waals surface area (Å²) >= 11 is 0. The fourth-order valence-corrected chi connectivity index (χ4v) is 1.58. The van der Waals surface area contributed by atoms with Gasteiger partial charge in [0.1, 0.15) is 0 Å². The fraction of sp³-hybridized carbons (Fsp3) is 0. The molecule has 0 fully saturated rings. The van der Waals surface area contributed by atoms with Crippen LogP contribution in [0, 0.1) is 0 Å². The smallest absolute Gasteiger partial charge is 0.197 e. The maximum atomic E-state index is 12.1. The van der Waals surface area contributed by atoms with Gasteiger partial charge in [0.2, 0.25) is 0 Å². The number of nitrogens with two attached hydrogens (primary N) is 2. The molecular formula is C13H12N2O.